The molecule has 0 bridgehead atoms. The van der Waals surface area contributed by atoms with E-state index in [1.165, 1.54) is 35.3 Å². The molecule has 0 aliphatic heterocycles. The summed E-state index contributed by atoms with van der Waals surface area (Å²) in [5.41, 5.74) is 2.84. The van der Waals surface area contributed by atoms with E-state index in [1.807, 2.05) is 6.20 Å². The summed E-state index contributed by atoms with van der Waals surface area (Å²) in [6.45, 7) is 2.95. The van der Waals surface area contributed by atoms with Gasteiger partial charge in [-0.3, -0.25) is 0 Å². The number of nitrogens with zero attached hydrogens (tertiary/aromatic N) is 1. The number of hydrogen-bond acceptors (Lipinski definition) is 4. The second-order valence-corrected chi connectivity index (χ2v) is 6.57. The van der Waals surface area contributed by atoms with Crippen LogP contribution in [-0.4, -0.2) is 12.1 Å². The van der Waals surface area contributed by atoms with Crippen LogP contribution in [0.25, 0.3) is 0 Å². The minimum atomic E-state index is 0.415. The molecular formula is C16H20N2OS. The van der Waals surface area contributed by atoms with Gasteiger partial charge in [-0.05, 0) is 49.4 Å². The van der Waals surface area contributed by atoms with Crippen LogP contribution in [-0.2, 0) is 13.0 Å². The molecule has 3 nitrogen and oxygen atoms in total. The van der Waals surface area contributed by atoms with Crippen molar-refractivity contribution in [3.8, 4) is 5.75 Å². The fourth-order valence-corrected chi connectivity index (χ4v) is 3.55. The first-order chi connectivity index (χ1) is 9.76. The Kier molecular flexibility index (Phi) is 4.03. The molecule has 1 N–H and O–H groups in total. The summed E-state index contributed by atoms with van der Waals surface area (Å²) in [5.74, 6) is 0.947. The third-order valence-electron chi connectivity index (χ3n) is 3.84. The topological polar surface area (TPSA) is 34.1 Å². The van der Waals surface area contributed by atoms with Crippen molar-refractivity contribution in [2.45, 2.75) is 38.8 Å². The Hall–Kier alpha value is -1.39. The Balaban J connectivity index is 1.75. The number of nitrogens with one attached hydrogen (secondary N) is 1. The molecule has 0 radical (unpaired) electrons. The van der Waals surface area contributed by atoms with E-state index < -0.39 is 0 Å². The maximum absolute atomic E-state index is 5.36. The lowest BCUT2D eigenvalue weighted by atomic mass is 9.87. The van der Waals surface area contributed by atoms with Crippen molar-refractivity contribution in [3.63, 3.8) is 0 Å². The molecule has 3 rings (SSSR count). The highest BCUT2D eigenvalue weighted by atomic mass is 32.1. The van der Waals surface area contributed by atoms with Gasteiger partial charge in [-0.15, -0.1) is 11.3 Å². The van der Waals surface area contributed by atoms with Crippen LogP contribution in [0, 0.1) is 6.92 Å². The molecule has 1 aromatic heterocycles. The van der Waals surface area contributed by atoms with E-state index in [0.717, 1.165) is 17.3 Å². The number of thiazole rings is 1. The van der Waals surface area contributed by atoms with Crippen LogP contribution in [0.4, 0.5) is 0 Å². The normalized spacial score (nSPS) is 17.8. The molecule has 1 atom stereocenters. The van der Waals surface area contributed by atoms with E-state index in [-0.39, 0.29) is 0 Å². The number of aryl methyl sites for hydroxylation is 2. The summed E-state index contributed by atoms with van der Waals surface area (Å²) in [4.78, 5) is 5.69. The molecule has 1 unspecified atom stereocenters. The summed E-state index contributed by atoms with van der Waals surface area (Å²) in [6, 6.07) is 6.86. The molecule has 1 aromatic carbocycles. The molecule has 4 heteroatoms. The van der Waals surface area contributed by atoms with Gasteiger partial charge in [0, 0.05) is 23.7 Å². The molecule has 1 heterocycles. The lowest BCUT2D eigenvalue weighted by Gasteiger charge is -2.26. The lowest BCUT2D eigenvalue weighted by molar-refractivity contribution is 0.408. The van der Waals surface area contributed by atoms with Crippen molar-refractivity contribution in [2.24, 2.45) is 0 Å². The van der Waals surface area contributed by atoms with Crippen LogP contribution in [0.2, 0.25) is 0 Å². The number of ether oxygens (including phenoxy) is 1. The van der Waals surface area contributed by atoms with Gasteiger partial charge in [-0.1, -0.05) is 6.07 Å². The van der Waals surface area contributed by atoms with Gasteiger partial charge in [0.1, 0.15) is 10.8 Å². The van der Waals surface area contributed by atoms with E-state index in [0.29, 0.717) is 6.04 Å². The van der Waals surface area contributed by atoms with Crippen LogP contribution >= 0.6 is 11.3 Å². The van der Waals surface area contributed by atoms with Crippen molar-refractivity contribution < 1.29 is 4.74 Å². The summed E-state index contributed by atoms with van der Waals surface area (Å²) in [6.07, 6.45) is 5.55. The second-order valence-electron chi connectivity index (χ2n) is 5.26. The zero-order chi connectivity index (χ0) is 13.9. The quantitative estimate of drug-likeness (QED) is 0.933. The molecule has 20 heavy (non-hydrogen) atoms. The first-order valence-corrected chi connectivity index (χ1v) is 7.89. The van der Waals surface area contributed by atoms with Crippen LogP contribution in [0.15, 0.2) is 24.4 Å². The maximum atomic E-state index is 5.36. The van der Waals surface area contributed by atoms with Gasteiger partial charge in [-0.25, -0.2) is 4.98 Å². The highest BCUT2D eigenvalue weighted by molar-refractivity contribution is 7.11. The zero-order valence-corrected chi connectivity index (χ0v) is 12.8. The SMILES string of the molecule is COc1ccc2c(c1)C(NCc1ncc(C)s1)CCC2. The van der Waals surface area contributed by atoms with Gasteiger partial charge in [-0.2, -0.15) is 0 Å². The third kappa shape index (κ3) is 2.86. The van der Waals surface area contributed by atoms with E-state index in [1.54, 1.807) is 18.4 Å². The fraction of sp³-hybridized carbons (Fsp3) is 0.438. The second kappa shape index (κ2) is 5.94. The van der Waals surface area contributed by atoms with E-state index >= 15 is 0 Å². The number of fused-ring (bicyclic) bond motifs is 1. The molecule has 0 saturated carbocycles. The number of hydrogen-bond donors (Lipinski definition) is 1. The van der Waals surface area contributed by atoms with E-state index in [9.17, 15) is 0 Å². The van der Waals surface area contributed by atoms with Crippen LogP contribution in [0.3, 0.4) is 0 Å². The van der Waals surface area contributed by atoms with Gasteiger partial charge in [0.05, 0.1) is 7.11 Å². The van der Waals surface area contributed by atoms with Crippen LogP contribution in [0.5, 0.6) is 5.75 Å². The van der Waals surface area contributed by atoms with Crippen molar-refractivity contribution in [2.75, 3.05) is 7.11 Å². The van der Waals surface area contributed by atoms with Crippen molar-refractivity contribution in [1.29, 1.82) is 0 Å². The van der Waals surface area contributed by atoms with Crippen LogP contribution < -0.4 is 10.1 Å². The maximum Gasteiger partial charge on any atom is 0.119 e. The fourth-order valence-electron chi connectivity index (χ4n) is 2.81. The smallest absolute Gasteiger partial charge is 0.119 e. The molecule has 106 valence electrons. The van der Waals surface area contributed by atoms with Gasteiger partial charge >= 0.3 is 0 Å². The standard InChI is InChI=1S/C16H20N2OS/c1-11-9-18-16(20-11)10-17-15-5-3-4-12-6-7-13(19-2)8-14(12)15/h6-9,15,17H,3-5,10H2,1-2H3. The average Bonchev–Trinajstić information content (AvgIpc) is 2.90. The number of rotatable bonds is 4. The Labute approximate surface area is 124 Å². The van der Waals surface area contributed by atoms with Crippen molar-refractivity contribution in [3.05, 3.63) is 45.4 Å². The molecular weight excluding hydrogens is 268 g/mol. The molecule has 0 saturated heterocycles. The minimum absolute atomic E-state index is 0.415. The van der Waals surface area contributed by atoms with Crippen molar-refractivity contribution >= 4 is 11.3 Å². The Morgan fingerprint density at radius 3 is 3.10 bits per heavy atom. The van der Waals surface area contributed by atoms with Gasteiger partial charge in [0.25, 0.3) is 0 Å². The van der Waals surface area contributed by atoms with E-state index in [4.69, 9.17) is 4.74 Å². The van der Waals surface area contributed by atoms with Gasteiger partial charge < -0.3 is 10.1 Å². The monoisotopic (exact) mass is 288 g/mol. The first kappa shape index (κ1) is 13.6. The predicted molar refractivity (Wildman–Crippen MR) is 82.4 cm³/mol. The van der Waals surface area contributed by atoms with Gasteiger partial charge in [0.15, 0.2) is 0 Å². The molecule has 2 aromatic rings. The minimum Gasteiger partial charge on any atom is -0.497 e. The molecule has 0 amide bonds. The predicted octanol–water partition coefficient (Wildman–Crippen LogP) is 3.63. The summed E-state index contributed by atoms with van der Waals surface area (Å²) >= 11 is 1.77. The highest BCUT2D eigenvalue weighted by Crippen LogP contribution is 2.32. The molecule has 1 aliphatic rings. The van der Waals surface area contributed by atoms with Crippen molar-refractivity contribution in [1.82, 2.24) is 10.3 Å². The number of aromatic nitrogens is 1. The summed E-state index contributed by atoms with van der Waals surface area (Å²) < 4.78 is 5.36. The van der Waals surface area contributed by atoms with Crippen LogP contribution in [0.1, 0.15) is 39.9 Å². The Morgan fingerprint density at radius 2 is 2.35 bits per heavy atom. The van der Waals surface area contributed by atoms with Gasteiger partial charge in [0.2, 0.25) is 0 Å². The number of benzene rings is 1. The summed E-state index contributed by atoms with van der Waals surface area (Å²) in [7, 11) is 1.73. The lowest BCUT2D eigenvalue weighted by Crippen LogP contribution is -2.24. The number of methoxy groups -OCH3 is 1. The molecule has 1 aliphatic carbocycles. The Morgan fingerprint density at radius 1 is 1.45 bits per heavy atom. The summed E-state index contributed by atoms with van der Waals surface area (Å²) in [5, 5.41) is 4.82. The largest absolute Gasteiger partial charge is 0.497 e. The Bertz CT molecular complexity index is 594. The molecule has 0 spiro atoms. The molecule has 0 fully saturated rings. The highest BCUT2D eigenvalue weighted by Gasteiger charge is 2.20. The van der Waals surface area contributed by atoms with E-state index in [2.05, 4.69) is 35.4 Å². The first-order valence-electron chi connectivity index (χ1n) is 7.08. The third-order valence-corrected chi connectivity index (χ3v) is 4.75. The zero-order valence-electron chi connectivity index (χ0n) is 12.0. The average molecular weight is 288 g/mol.